The largest absolute Gasteiger partial charge is 0.496 e. The SMILES string of the molecule is CN=C(NCc1ccccc1OC)NCc1cccnc1N1CCC(C(N)=O)CC1.I. The summed E-state index contributed by atoms with van der Waals surface area (Å²) in [6.45, 7) is 2.74. The van der Waals surface area contributed by atoms with Crippen LogP contribution in [0.2, 0.25) is 0 Å². The minimum atomic E-state index is -0.206. The van der Waals surface area contributed by atoms with Crippen LogP contribution >= 0.6 is 24.0 Å². The van der Waals surface area contributed by atoms with Gasteiger partial charge in [0.15, 0.2) is 5.96 Å². The Morgan fingerprint density at radius 3 is 2.45 bits per heavy atom. The van der Waals surface area contributed by atoms with E-state index in [-0.39, 0.29) is 35.8 Å². The molecule has 1 amide bonds. The van der Waals surface area contributed by atoms with Crippen molar-refractivity contribution < 1.29 is 9.53 Å². The van der Waals surface area contributed by atoms with E-state index in [0.29, 0.717) is 19.0 Å². The summed E-state index contributed by atoms with van der Waals surface area (Å²) in [6, 6.07) is 11.9. The number of benzene rings is 1. The van der Waals surface area contributed by atoms with E-state index >= 15 is 0 Å². The van der Waals surface area contributed by atoms with Crippen LogP contribution in [-0.2, 0) is 17.9 Å². The van der Waals surface area contributed by atoms with Crippen LogP contribution in [-0.4, -0.2) is 44.1 Å². The molecule has 0 radical (unpaired) electrons. The van der Waals surface area contributed by atoms with Crippen molar-refractivity contribution in [1.82, 2.24) is 15.6 Å². The predicted octanol–water partition coefficient (Wildman–Crippen LogP) is 2.28. The number of carbonyl (C=O) groups excluding carboxylic acids is 1. The number of amides is 1. The molecule has 1 fully saturated rings. The first-order chi connectivity index (χ1) is 14.6. The second-order valence-corrected chi connectivity index (χ2v) is 7.24. The number of carbonyl (C=O) groups is 1. The Labute approximate surface area is 200 Å². The molecule has 8 nitrogen and oxygen atoms in total. The Morgan fingerprint density at radius 2 is 1.81 bits per heavy atom. The summed E-state index contributed by atoms with van der Waals surface area (Å²) in [6.07, 6.45) is 3.33. The molecule has 168 valence electrons. The molecular weight excluding hydrogens is 507 g/mol. The number of piperidine rings is 1. The average molecular weight is 538 g/mol. The fraction of sp³-hybridized carbons (Fsp3) is 0.409. The maximum absolute atomic E-state index is 11.4. The van der Waals surface area contributed by atoms with Crippen LogP contribution in [0.4, 0.5) is 5.82 Å². The topological polar surface area (TPSA) is 105 Å². The number of methoxy groups -OCH3 is 1. The van der Waals surface area contributed by atoms with Crippen molar-refractivity contribution in [2.45, 2.75) is 25.9 Å². The number of nitrogens with two attached hydrogens (primary N) is 1. The van der Waals surface area contributed by atoms with Crippen LogP contribution in [0.25, 0.3) is 0 Å². The minimum absolute atomic E-state index is 0. The molecular formula is C22H31IN6O2. The summed E-state index contributed by atoms with van der Waals surface area (Å²) < 4.78 is 5.40. The highest BCUT2D eigenvalue weighted by Gasteiger charge is 2.24. The number of aliphatic imine (C=N–C) groups is 1. The lowest BCUT2D eigenvalue weighted by atomic mass is 9.96. The Morgan fingerprint density at radius 1 is 1.16 bits per heavy atom. The highest BCUT2D eigenvalue weighted by molar-refractivity contribution is 14.0. The average Bonchev–Trinajstić information content (AvgIpc) is 2.79. The van der Waals surface area contributed by atoms with Crippen LogP contribution in [0.3, 0.4) is 0 Å². The molecule has 0 bridgehead atoms. The number of pyridine rings is 1. The van der Waals surface area contributed by atoms with Gasteiger partial charge >= 0.3 is 0 Å². The molecule has 3 rings (SSSR count). The molecule has 0 unspecified atom stereocenters. The number of para-hydroxylation sites is 1. The van der Waals surface area contributed by atoms with E-state index in [1.54, 1.807) is 20.4 Å². The lowest BCUT2D eigenvalue weighted by Crippen LogP contribution is -2.40. The van der Waals surface area contributed by atoms with Crippen molar-refractivity contribution in [3.63, 3.8) is 0 Å². The number of guanidine groups is 1. The number of halogens is 1. The van der Waals surface area contributed by atoms with Gasteiger partial charge in [0.1, 0.15) is 11.6 Å². The summed E-state index contributed by atoms with van der Waals surface area (Å²) in [5.41, 5.74) is 7.59. The van der Waals surface area contributed by atoms with Crippen molar-refractivity contribution in [1.29, 1.82) is 0 Å². The monoisotopic (exact) mass is 538 g/mol. The van der Waals surface area contributed by atoms with Crippen molar-refractivity contribution in [3.05, 3.63) is 53.7 Å². The van der Waals surface area contributed by atoms with Crippen LogP contribution in [0.1, 0.15) is 24.0 Å². The van der Waals surface area contributed by atoms with Gasteiger partial charge in [0.25, 0.3) is 0 Å². The third-order valence-electron chi connectivity index (χ3n) is 5.37. The molecule has 2 heterocycles. The van der Waals surface area contributed by atoms with Crippen LogP contribution in [0, 0.1) is 5.92 Å². The van der Waals surface area contributed by atoms with E-state index in [1.807, 2.05) is 30.3 Å². The van der Waals surface area contributed by atoms with Gasteiger partial charge in [-0.2, -0.15) is 0 Å². The quantitative estimate of drug-likeness (QED) is 0.284. The zero-order valence-corrected chi connectivity index (χ0v) is 20.3. The lowest BCUT2D eigenvalue weighted by molar-refractivity contribution is -0.122. The Bertz CT molecular complexity index is 884. The summed E-state index contributed by atoms with van der Waals surface area (Å²) in [7, 11) is 3.42. The Hall–Kier alpha value is -2.56. The van der Waals surface area contributed by atoms with Gasteiger partial charge in [-0.15, -0.1) is 24.0 Å². The number of rotatable bonds is 7. The molecule has 1 saturated heterocycles. The molecule has 1 aliphatic heterocycles. The van der Waals surface area contributed by atoms with Gasteiger partial charge in [0.2, 0.25) is 5.91 Å². The van der Waals surface area contributed by atoms with E-state index in [1.165, 1.54) is 0 Å². The zero-order chi connectivity index (χ0) is 21.3. The summed E-state index contributed by atoms with van der Waals surface area (Å²) in [5.74, 6) is 2.23. The molecule has 0 atom stereocenters. The molecule has 1 aromatic heterocycles. The smallest absolute Gasteiger partial charge is 0.220 e. The molecule has 4 N–H and O–H groups in total. The first-order valence-electron chi connectivity index (χ1n) is 10.2. The number of ether oxygens (including phenoxy) is 1. The molecule has 9 heteroatoms. The maximum atomic E-state index is 11.4. The molecule has 0 aliphatic carbocycles. The number of nitrogens with zero attached hydrogens (tertiary/aromatic N) is 3. The first-order valence-corrected chi connectivity index (χ1v) is 10.2. The van der Waals surface area contributed by atoms with Crippen molar-refractivity contribution in [2.24, 2.45) is 16.6 Å². The van der Waals surface area contributed by atoms with E-state index in [9.17, 15) is 4.79 Å². The molecule has 31 heavy (non-hydrogen) atoms. The fourth-order valence-electron chi connectivity index (χ4n) is 3.66. The highest BCUT2D eigenvalue weighted by atomic mass is 127. The minimum Gasteiger partial charge on any atom is -0.496 e. The second kappa shape index (κ2) is 12.3. The third kappa shape index (κ3) is 6.71. The summed E-state index contributed by atoms with van der Waals surface area (Å²) >= 11 is 0. The highest BCUT2D eigenvalue weighted by Crippen LogP contribution is 2.24. The normalized spacial score (nSPS) is 14.5. The summed E-state index contributed by atoms with van der Waals surface area (Å²) in [4.78, 5) is 22.6. The van der Waals surface area contributed by atoms with E-state index in [2.05, 4.69) is 31.6 Å². The van der Waals surface area contributed by atoms with Crippen molar-refractivity contribution in [3.8, 4) is 5.75 Å². The van der Waals surface area contributed by atoms with Gasteiger partial charge in [-0.05, 0) is 25.0 Å². The lowest BCUT2D eigenvalue weighted by Gasteiger charge is -2.32. The molecule has 0 spiro atoms. The van der Waals surface area contributed by atoms with Crippen molar-refractivity contribution in [2.75, 3.05) is 32.1 Å². The number of anilines is 1. The number of hydrogen-bond donors (Lipinski definition) is 3. The first kappa shape index (κ1) is 24.7. The van der Waals surface area contributed by atoms with Crippen LogP contribution in [0.5, 0.6) is 5.75 Å². The van der Waals surface area contributed by atoms with E-state index < -0.39 is 0 Å². The number of nitrogens with one attached hydrogen (secondary N) is 2. The van der Waals surface area contributed by atoms with Gasteiger partial charge in [-0.3, -0.25) is 9.79 Å². The third-order valence-corrected chi connectivity index (χ3v) is 5.37. The fourth-order valence-corrected chi connectivity index (χ4v) is 3.66. The zero-order valence-electron chi connectivity index (χ0n) is 18.0. The van der Waals surface area contributed by atoms with E-state index in [4.69, 9.17) is 10.5 Å². The Kier molecular flexibility index (Phi) is 9.83. The summed E-state index contributed by atoms with van der Waals surface area (Å²) in [5, 5.41) is 6.68. The van der Waals surface area contributed by atoms with Crippen LogP contribution < -0.4 is 26.0 Å². The van der Waals surface area contributed by atoms with Gasteiger partial charge in [-0.25, -0.2) is 4.98 Å². The number of aromatic nitrogens is 1. The maximum Gasteiger partial charge on any atom is 0.220 e. The standard InChI is InChI=1S/C22H30N6O2.HI/c1-24-22(26-14-17-6-3-4-8-19(17)30-2)27-15-18-7-5-11-25-21(18)28-12-9-16(10-13-28)20(23)29;/h3-8,11,16H,9-10,12-15H2,1-2H3,(H2,23,29)(H2,24,26,27);1H. The van der Waals surface area contributed by atoms with E-state index in [0.717, 1.165) is 48.6 Å². The Balaban J connectivity index is 0.00000341. The molecule has 1 aliphatic rings. The molecule has 1 aromatic carbocycles. The van der Waals surface area contributed by atoms with Gasteiger partial charge in [0.05, 0.1) is 7.11 Å². The van der Waals surface area contributed by atoms with Gasteiger partial charge in [-0.1, -0.05) is 24.3 Å². The number of primary amides is 1. The predicted molar refractivity (Wildman–Crippen MR) is 134 cm³/mol. The molecule has 2 aromatic rings. The second-order valence-electron chi connectivity index (χ2n) is 7.24. The van der Waals surface area contributed by atoms with Crippen LogP contribution in [0.15, 0.2) is 47.6 Å². The van der Waals surface area contributed by atoms with Gasteiger partial charge in [0, 0.05) is 56.5 Å². The van der Waals surface area contributed by atoms with Crippen molar-refractivity contribution >= 4 is 41.7 Å². The molecule has 0 saturated carbocycles. The van der Waals surface area contributed by atoms with Gasteiger partial charge < -0.3 is 26.0 Å². The number of hydrogen-bond acceptors (Lipinski definition) is 5.